The van der Waals surface area contributed by atoms with E-state index in [1.54, 1.807) is 24.3 Å². The van der Waals surface area contributed by atoms with Crippen LogP contribution in [0.1, 0.15) is 11.1 Å². The Morgan fingerprint density at radius 3 is 2.60 bits per heavy atom. The van der Waals surface area contributed by atoms with E-state index < -0.39 is 0 Å². The summed E-state index contributed by atoms with van der Waals surface area (Å²) in [6.07, 6.45) is 3.31. The Kier molecular flexibility index (Phi) is 5.96. The Morgan fingerprint density at radius 1 is 1.12 bits per heavy atom. The van der Waals surface area contributed by atoms with Crippen LogP contribution in [0.2, 0.25) is 10.0 Å². The molecule has 4 nitrogen and oxygen atoms in total. The van der Waals surface area contributed by atoms with Gasteiger partial charge < -0.3 is 0 Å². The highest BCUT2D eigenvalue weighted by molar-refractivity contribution is 9.10. The van der Waals surface area contributed by atoms with E-state index in [4.69, 9.17) is 23.2 Å². The van der Waals surface area contributed by atoms with Gasteiger partial charge in [-0.15, -0.1) is 5.10 Å². The fourth-order valence-corrected chi connectivity index (χ4v) is 3.44. The van der Waals surface area contributed by atoms with Crippen molar-refractivity contribution in [3.8, 4) is 0 Å². The number of hydrogen-bond acceptors (Lipinski definition) is 4. The number of nitrogens with one attached hydrogen (secondary N) is 1. The minimum absolute atomic E-state index is 0.202. The maximum Gasteiger partial charge on any atom is 0.264 e. The van der Waals surface area contributed by atoms with Gasteiger partial charge in [-0.3, -0.25) is 10.1 Å². The van der Waals surface area contributed by atoms with Gasteiger partial charge in [0.25, 0.3) is 5.91 Å². The maximum absolute atomic E-state index is 12.0. The topological polar surface area (TPSA) is 53.8 Å². The molecule has 8 heteroatoms. The minimum atomic E-state index is -0.202. The summed E-state index contributed by atoms with van der Waals surface area (Å²) in [7, 11) is 0. The molecule has 0 atom stereocenters. The zero-order chi connectivity index (χ0) is 17.8. The van der Waals surface area contributed by atoms with E-state index in [9.17, 15) is 4.79 Å². The van der Waals surface area contributed by atoms with Crippen molar-refractivity contribution in [2.45, 2.75) is 0 Å². The number of halogens is 3. The first-order valence-electron chi connectivity index (χ1n) is 7.04. The monoisotopic (exact) mass is 453 g/mol. The third-order valence-corrected chi connectivity index (χ3v) is 5.12. The van der Waals surface area contributed by atoms with Crippen molar-refractivity contribution in [2.75, 3.05) is 0 Å². The number of carbonyl (C=O) groups is 1. The van der Waals surface area contributed by atoms with Crippen molar-refractivity contribution >= 4 is 74.3 Å². The fraction of sp³-hybridized carbons (Fsp3) is 0. The summed E-state index contributed by atoms with van der Waals surface area (Å²) >= 11 is 16.5. The van der Waals surface area contributed by atoms with Crippen molar-refractivity contribution < 1.29 is 4.79 Å². The van der Waals surface area contributed by atoms with Crippen molar-refractivity contribution in [3.05, 3.63) is 73.0 Å². The second-order valence-electron chi connectivity index (χ2n) is 4.93. The van der Waals surface area contributed by atoms with E-state index >= 15 is 0 Å². The lowest BCUT2D eigenvalue weighted by molar-refractivity contribution is -0.115. The Balaban J connectivity index is 1.72. The molecule has 0 bridgehead atoms. The first kappa shape index (κ1) is 18.2. The van der Waals surface area contributed by atoms with Crippen LogP contribution in [-0.2, 0) is 4.79 Å². The maximum atomic E-state index is 12.0. The largest absolute Gasteiger partial charge is 0.299 e. The van der Waals surface area contributed by atoms with Crippen LogP contribution in [0.15, 0.2) is 62.0 Å². The number of amides is 1. The molecule has 1 heterocycles. The smallest absolute Gasteiger partial charge is 0.264 e. The van der Waals surface area contributed by atoms with Gasteiger partial charge in [-0.1, -0.05) is 57.3 Å². The second-order valence-corrected chi connectivity index (χ2v) is 7.72. The van der Waals surface area contributed by atoms with E-state index in [0.29, 0.717) is 25.7 Å². The average molecular weight is 455 g/mol. The summed E-state index contributed by atoms with van der Waals surface area (Å²) in [4.78, 5) is 12.6. The van der Waals surface area contributed by atoms with E-state index in [2.05, 4.69) is 31.4 Å². The molecule has 1 aliphatic rings. The van der Waals surface area contributed by atoms with Crippen LogP contribution in [-0.4, -0.2) is 17.3 Å². The van der Waals surface area contributed by atoms with Gasteiger partial charge in [0.1, 0.15) is 0 Å². The van der Waals surface area contributed by atoms with E-state index in [1.807, 2.05) is 24.3 Å². The predicted molar refractivity (Wildman–Crippen MR) is 109 cm³/mol. The number of nitrogens with zero attached hydrogens (tertiary/aromatic N) is 2. The van der Waals surface area contributed by atoms with Gasteiger partial charge >= 0.3 is 0 Å². The van der Waals surface area contributed by atoms with Crippen molar-refractivity contribution in [1.29, 1.82) is 0 Å². The van der Waals surface area contributed by atoms with Crippen LogP contribution in [0.3, 0.4) is 0 Å². The normalized spacial score (nSPS) is 17.6. The molecule has 3 rings (SSSR count). The highest BCUT2D eigenvalue weighted by Crippen LogP contribution is 2.26. The molecule has 1 aliphatic heterocycles. The number of rotatable bonds is 3. The molecule has 0 saturated carbocycles. The van der Waals surface area contributed by atoms with Crippen molar-refractivity contribution in [2.24, 2.45) is 10.2 Å². The summed E-state index contributed by atoms with van der Waals surface area (Å²) in [6, 6.07) is 12.8. The lowest BCUT2D eigenvalue weighted by Gasteiger charge is -1.96. The highest BCUT2D eigenvalue weighted by atomic mass is 79.9. The van der Waals surface area contributed by atoms with Gasteiger partial charge in [-0.25, -0.2) is 0 Å². The zero-order valence-electron chi connectivity index (χ0n) is 12.5. The molecule has 126 valence electrons. The SMILES string of the molecule is O=C1N/C(=N/N=C/c2ccc(Cl)cc2Cl)S/C1=C/c1ccc(Br)cc1. The number of thioether (sulfide) groups is 1. The third-order valence-electron chi connectivity index (χ3n) is 3.13. The Labute approximate surface area is 167 Å². The van der Waals surface area contributed by atoms with Crippen LogP contribution >= 0.6 is 50.9 Å². The minimum Gasteiger partial charge on any atom is -0.299 e. The summed E-state index contributed by atoms with van der Waals surface area (Å²) in [5, 5.41) is 12.1. The fourth-order valence-electron chi connectivity index (χ4n) is 1.94. The molecule has 0 aromatic heterocycles. The van der Waals surface area contributed by atoms with E-state index in [-0.39, 0.29) is 5.91 Å². The van der Waals surface area contributed by atoms with Crippen molar-refractivity contribution in [1.82, 2.24) is 5.32 Å². The first-order chi connectivity index (χ1) is 12.0. The van der Waals surface area contributed by atoms with Gasteiger partial charge in [-0.05, 0) is 47.7 Å². The second kappa shape index (κ2) is 8.19. The summed E-state index contributed by atoms with van der Waals surface area (Å²) in [5.74, 6) is -0.202. The molecule has 1 N–H and O–H groups in total. The van der Waals surface area contributed by atoms with Gasteiger partial charge in [0, 0.05) is 15.1 Å². The summed E-state index contributed by atoms with van der Waals surface area (Å²) < 4.78 is 0.982. The zero-order valence-corrected chi connectivity index (χ0v) is 16.5. The van der Waals surface area contributed by atoms with E-state index in [1.165, 1.54) is 18.0 Å². The molecule has 25 heavy (non-hydrogen) atoms. The molecule has 0 aliphatic carbocycles. The van der Waals surface area contributed by atoms with Crippen LogP contribution in [0, 0.1) is 0 Å². The predicted octanol–water partition coefficient (Wildman–Crippen LogP) is 5.35. The van der Waals surface area contributed by atoms with Gasteiger partial charge in [0.05, 0.1) is 16.1 Å². The van der Waals surface area contributed by atoms with Crippen LogP contribution in [0.5, 0.6) is 0 Å². The van der Waals surface area contributed by atoms with Crippen LogP contribution in [0.25, 0.3) is 6.08 Å². The summed E-state index contributed by atoms with van der Waals surface area (Å²) in [5.41, 5.74) is 1.62. The molecular weight excluding hydrogens is 445 g/mol. The molecule has 0 unspecified atom stereocenters. The van der Waals surface area contributed by atoms with Gasteiger partial charge in [0.2, 0.25) is 0 Å². The van der Waals surface area contributed by atoms with Crippen LogP contribution < -0.4 is 5.32 Å². The van der Waals surface area contributed by atoms with Crippen molar-refractivity contribution in [3.63, 3.8) is 0 Å². The standard InChI is InChI=1S/C17H10BrCl2N3OS/c18-12-4-1-10(2-5-12)7-15-16(24)22-17(25-15)23-21-9-11-3-6-13(19)8-14(11)20/h1-9H,(H,22,23,24)/b15-7+,21-9+. The highest BCUT2D eigenvalue weighted by Gasteiger charge is 2.23. The number of amidine groups is 1. The molecule has 1 fully saturated rings. The molecular formula is C17H10BrCl2N3OS. The molecule has 2 aromatic rings. The average Bonchev–Trinajstić information content (AvgIpc) is 2.91. The molecule has 1 saturated heterocycles. The number of benzene rings is 2. The van der Waals surface area contributed by atoms with Crippen LogP contribution in [0.4, 0.5) is 0 Å². The quantitative estimate of drug-likeness (QED) is 0.386. The molecule has 1 amide bonds. The number of carbonyl (C=O) groups excluding carboxylic acids is 1. The Morgan fingerprint density at radius 2 is 1.88 bits per heavy atom. The molecule has 2 aromatic carbocycles. The van der Waals surface area contributed by atoms with E-state index in [0.717, 1.165) is 10.0 Å². The lowest BCUT2D eigenvalue weighted by atomic mass is 10.2. The molecule has 0 spiro atoms. The third kappa shape index (κ3) is 4.95. The van der Waals surface area contributed by atoms with Gasteiger partial charge in [0.15, 0.2) is 5.17 Å². The lowest BCUT2D eigenvalue weighted by Crippen LogP contribution is -2.19. The molecule has 0 radical (unpaired) electrons. The Hall–Kier alpha value is -1.60. The van der Waals surface area contributed by atoms with Gasteiger partial charge in [-0.2, -0.15) is 5.10 Å². The first-order valence-corrected chi connectivity index (χ1v) is 9.40. The summed E-state index contributed by atoms with van der Waals surface area (Å²) in [6.45, 7) is 0. The Bertz CT molecular complexity index is 911. The number of hydrogen-bond donors (Lipinski definition) is 1.